The number of hydrogen-bond acceptors (Lipinski definition) is 3. The van der Waals surface area contributed by atoms with Gasteiger partial charge in [0.15, 0.2) is 0 Å². The van der Waals surface area contributed by atoms with Crippen molar-refractivity contribution in [3.63, 3.8) is 0 Å². The van der Waals surface area contributed by atoms with Crippen LogP contribution < -0.4 is 0 Å². The molecule has 0 bridgehead atoms. The third-order valence-electron chi connectivity index (χ3n) is 1.42. The van der Waals surface area contributed by atoms with Gasteiger partial charge in [-0.2, -0.15) is 0 Å². The number of benzene rings is 1. The quantitative estimate of drug-likeness (QED) is 0.783. The normalized spacial score (nSPS) is 12.1. The molecule has 0 unspecified atom stereocenters. The van der Waals surface area contributed by atoms with Crippen molar-refractivity contribution >= 4 is 5.97 Å². The Morgan fingerprint density at radius 2 is 2.00 bits per heavy atom. The fourth-order valence-electron chi connectivity index (χ4n) is 0.817. The minimum absolute atomic E-state index is 0.547. The van der Waals surface area contributed by atoms with Crippen molar-refractivity contribution < 1.29 is 33.5 Å². The zero-order chi connectivity index (χ0) is 8.97. The van der Waals surface area contributed by atoms with Crippen LogP contribution in [0.25, 0.3) is 0 Å². The summed E-state index contributed by atoms with van der Waals surface area (Å²) in [6, 6.07) is 8.66. The fraction of sp³-hybridized carbons (Fsp3) is 0.125. The number of carbonyl (C=O) groups excluding carboxylic acids is 1. The van der Waals surface area contributed by atoms with E-state index in [2.05, 4.69) is 3.39 Å². The van der Waals surface area contributed by atoms with Crippen LogP contribution >= 0.6 is 0 Å². The number of rotatable bonds is 2. The number of aliphatic hydroxyl groups is 1. The van der Waals surface area contributed by atoms with Gasteiger partial charge in [-0.1, -0.05) is 0 Å². The van der Waals surface area contributed by atoms with E-state index in [1.54, 1.807) is 24.3 Å². The number of aliphatic hydroxyl groups excluding tert-OH is 1. The maximum absolute atomic E-state index is 10.8. The molecule has 0 spiro atoms. The summed E-state index contributed by atoms with van der Waals surface area (Å²) in [6.45, 7) is 0. The Hall–Kier alpha value is -0.662. The standard InChI is InChI=1S/C8H8O3.Mo/c9-7(8(10)11)6-4-2-1-3-5-6;/h1-5,7,9H,(H,10,11);/q;+1/p-1/t7-;/m1./s1. The van der Waals surface area contributed by atoms with Crippen molar-refractivity contribution in [1.29, 1.82) is 0 Å². The summed E-state index contributed by atoms with van der Waals surface area (Å²) in [7, 11) is 0. The van der Waals surface area contributed by atoms with Crippen LogP contribution in [-0.2, 0) is 28.4 Å². The van der Waals surface area contributed by atoms with Gasteiger partial charge < -0.3 is 0 Å². The molecule has 12 heavy (non-hydrogen) atoms. The van der Waals surface area contributed by atoms with Crippen LogP contribution in [0.4, 0.5) is 0 Å². The molecular formula is C8H7MoO3. The molecule has 0 aliphatic carbocycles. The minimum atomic E-state index is -1.17. The molecule has 4 heteroatoms. The van der Waals surface area contributed by atoms with Crippen LogP contribution in [0.15, 0.2) is 30.3 Å². The van der Waals surface area contributed by atoms with E-state index in [1.807, 2.05) is 6.07 Å². The Morgan fingerprint density at radius 3 is 2.50 bits per heavy atom. The average Bonchev–Trinajstić information content (AvgIpc) is 2.17. The van der Waals surface area contributed by atoms with Crippen molar-refractivity contribution in [2.75, 3.05) is 0 Å². The van der Waals surface area contributed by atoms with Crippen molar-refractivity contribution in [2.24, 2.45) is 0 Å². The average molecular weight is 247 g/mol. The zero-order valence-corrected chi connectivity index (χ0v) is 8.14. The first-order valence-corrected chi connectivity index (χ1v) is 4.14. The van der Waals surface area contributed by atoms with Gasteiger partial charge in [0.1, 0.15) is 0 Å². The van der Waals surface area contributed by atoms with E-state index in [0.717, 1.165) is 0 Å². The third-order valence-corrected chi connectivity index (χ3v) is 1.82. The van der Waals surface area contributed by atoms with Crippen LogP contribution in [-0.4, -0.2) is 11.1 Å². The van der Waals surface area contributed by atoms with Crippen LogP contribution in [0, 0.1) is 0 Å². The number of hydrogen-bond donors (Lipinski definition) is 1. The molecule has 0 aliphatic heterocycles. The molecule has 3 nitrogen and oxygen atoms in total. The summed E-state index contributed by atoms with van der Waals surface area (Å²) in [6.07, 6.45) is -1.17. The van der Waals surface area contributed by atoms with E-state index in [9.17, 15) is 9.90 Å². The van der Waals surface area contributed by atoms with E-state index in [1.165, 1.54) is 20.2 Å². The van der Waals surface area contributed by atoms with Crippen molar-refractivity contribution in [2.45, 2.75) is 6.10 Å². The summed E-state index contributed by atoms with van der Waals surface area (Å²) >= 11 is 1.18. The fourth-order valence-corrected chi connectivity index (χ4v) is 1.04. The van der Waals surface area contributed by atoms with Gasteiger partial charge in [0.05, 0.1) is 0 Å². The van der Waals surface area contributed by atoms with Crippen molar-refractivity contribution in [3.05, 3.63) is 35.9 Å². The molecule has 0 aromatic heterocycles. The molecule has 1 aromatic rings. The Kier molecular flexibility index (Phi) is 3.44. The van der Waals surface area contributed by atoms with Crippen LogP contribution in [0.5, 0.6) is 0 Å². The monoisotopic (exact) mass is 249 g/mol. The predicted molar refractivity (Wildman–Crippen MR) is 37.5 cm³/mol. The molecule has 0 heterocycles. The second-order valence-corrected chi connectivity index (χ2v) is 2.63. The van der Waals surface area contributed by atoms with Gasteiger partial charge >= 0.3 is 81.5 Å². The first-order chi connectivity index (χ1) is 5.75. The topological polar surface area (TPSA) is 46.5 Å². The molecule has 1 N–H and O–H groups in total. The van der Waals surface area contributed by atoms with Gasteiger partial charge in [0, 0.05) is 0 Å². The molecular weight excluding hydrogens is 240 g/mol. The van der Waals surface area contributed by atoms with Crippen LogP contribution in [0.3, 0.4) is 0 Å². The second-order valence-electron chi connectivity index (χ2n) is 2.22. The Labute approximate surface area is 81.7 Å². The first kappa shape index (κ1) is 9.43. The zero-order valence-electron chi connectivity index (χ0n) is 6.14. The van der Waals surface area contributed by atoms with E-state index in [0.29, 0.717) is 5.56 Å². The summed E-state index contributed by atoms with van der Waals surface area (Å²) in [4.78, 5) is 10.8. The summed E-state index contributed by atoms with van der Waals surface area (Å²) in [5.74, 6) is -0.633. The van der Waals surface area contributed by atoms with E-state index in [4.69, 9.17) is 0 Å². The van der Waals surface area contributed by atoms with Crippen molar-refractivity contribution in [3.8, 4) is 0 Å². The predicted octanol–water partition coefficient (Wildman–Crippen LogP) is 0.725. The van der Waals surface area contributed by atoms with Crippen LogP contribution in [0.2, 0.25) is 0 Å². The van der Waals surface area contributed by atoms with Gasteiger partial charge in [0.25, 0.3) is 0 Å². The maximum atomic E-state index is 10.8. The van der Waals surface area contributed by atoms with Gasteiger partial charge in [-0.05, 0) is 0 Å². The Bertz CT molecular complexity index is 260. The molecule has 0 saturated heterocycles. The SMILES string of the molecule is O=C([O][Mo])[C@H](O)c1ccccc1. The summed E-state index contributed by atoms with van der Waals surface area (Å²) in [5, 5.41) is 9.32. The van der Waals surface area contributed by atoms with Gasteiger partial charge in [-0.25, -0.2) is 0 Å². The van der Waals surface area contributed by atoms with Gasteiger partial charge in [-0.3, -0.25) is 0 Å². The summed E-state index contributed by atoms with van der Waals surface area (Å²) in [5.41, 5.74) is 0.547. The summed E-state index contributed by atoms with van der Waals surface area (Å²) < 4.78 is 4.39. The number of carbonyl (C=O) groups is 1. The Morgan fingerprint density at radius 1 is 1.42 bits per heavy atom. The molecule has 1 atom stereocenters. The van der Waals surface area contributed by atoms with Crippen LogP contribution in [0.1, 0.15) is 11.7 Å². The Balaban J connectivity index is 2.78. The molecule has 1 rings (SSSR count). The molecule has 0 amide bonds. The van der Waals surface area contributed by atoms with E-state index >= 15 is 0 Å². The molecule has 0 saturated carbocycles. The molecule has 1 aromatic carbocycles. The second kappa shape index (κ2) is 4.39. The third kappa shape index (κ3) is 2.16. The van der Waals surface area contributed by atoms with E-state index in [-0.39, 0.29) is 0 Å². The van der Waals surface area contributed by atoms with Crippen molar-refractivity contribution in [1.82, 2.24) is 0 Å². The van der Waals surface area contributed by atoms with Gasteiger partial charge in [0.2, 0.25) is 0 Å². The van der Waals surface area contributed by atoms with E-state index < -0.39 is 12.1 Å². The molecule has 63 valence electrons. The molecule has 0 aliphatic rings. The molecule has 0 fully saturated rings. The first-order valence-electron chi connectivity index (χ1n) is 3.32. The molecule has 0 radical (unpaired) electrons. The van der Waals surface area contributed by atoms with Gasteiger partial charge in [-0.15, -0.1) is 0 Å².